The Labute approximate surface area is 157 Å². The molecule has 2 fully saturated rings. The van der Waals surface area contributed by atoms with Crippen LogP contribution >= 0.6 is 0 Å². The summed E-state index contributed by atoms with van der Waals surface area (Å²) in [5.41, 5.74) is 0.141. The van der Waals surface area contributed by atoms with Gasteiger partial charge in [0, 0.05) is 18.4 Å². The molecule has 1 aromatic heterocycles. The van der Waals surface area contributed by atoms with Gasteiger partial charge in [0.05, 0.1) is 11.5 Å². The van der Waals surface area contributed by atoms with Crippen LogP contribution in [-0.2, 0) is 20.8 Å². The van der Waals surface area contributed by atoms with Crippen LogP contribution in [0.25, 0.3) is 10.9 Å². The summed E-state index contributed by atoms with van der Waals surface area (Å²) in [5, 5.41) is 8.34. The second-order valence-electron chi connectivity index (χ2n) is 7.52. The maximum absolute atomic E-state index is 12.5. The lowest BCUT2D eigenvalue weighted by molar-refractivity contribution is -0.223. The summed E-state index contributed by atoms with van der Waals surface area (Å²) in [6, 6.07) is 6.97. The number of benzene rings is 1. The third-order valence-corrected chi connectivity index (χ3v) is 6.04. The molecule has 2 aliphatic rings. The van der Waals surface area contributed by atoms with Crippen molar-refractivity contribution in [2.45, 2.75) is 64.2 Å². The first-order chi connectivity index (χ1) is 13.1. The Bertz CT molecular complexity index is 888. The number of ether oxygens (including phenoxy) is 2. The molecule has 2 saturated carbocycles. The fourth-order valence-electron chi connectivity index (χ4n) is 4.61. The van der Waals surface area contributed by atoms with E-state index < -0.39 is 5.97 Å². The Kier molecular flexibility index (Phi) is 4.95. The minimum absolute atomic E-state index is 0.0516. The summed E-state index contributed by atoms with van der Waals surface area (Å²) < 4.78 is 12.8. The Morgan fingerprint density at radius 1 is 1.22 bits per heavy atom. The third kappa shape index (κ3) is 3.25. The molecule has 0 saturated heterocycles. The zero-order chi connectivity index (χ0) is 18.9. The Hall–Kier alpha value is -2.28. The topological polar surface area (TPSA) is 83.3 Å². The van der Waals surface area contributed by atoms with Gasteiger partial charge in [0.2, 0.25) is 0 Å². The highest BCUT2D eigenvalue weighted by Gasteiger charge is 2.57. The van der Waals surface area contributed by atoms with Crippen LogP contribution in [0, 0.1) is 5.41 Å². The van der Waals surface area contributed by atoms with Crippen molar-refractivity contribution in [3.05, 3.63) is 34.6 Å². The summed E-state index contributed by atoms with van der Waals surface area (Å²) in [6.07, 6.45) is 6.35. The van der Waals surface area contributed by atoms with Gasteiger partial charge in [-0.1, -0.05) is 36.6 Å². The van der Waals surface area contributed by atoms with E-state index >= 15 is 0 Å². The summed E-state index contributed by atoms with van der Waals surface area (Å²) in [7, 11) is 0. The highest BCUT2D eigenvalue weighted by atomic mass is 16.6. The molecule has 0 bridgehead atoms. The van der Waals surface area contributed by atoms with Crippen molar-refractivity contribution in [1.82, 2.24) is 15.0 Å². The lowest BCUT2D eigenvalue weighted by atomic mass is 9.56. The predicted molar refractivity (Wildman–Crippen MR) is 99.2 cm³/mol. The van der Waals surface area contributed by atoms with Crippen LogP contribution in [0.15, 0.2) is 29.1 Å². The zero-order valence-corrected chi connectivity index (χ0v) is 15.6. The van der Waals surface area contributed by atoms with Crippen LogP contribution in [-0.4, -0.2) is 39.8 Å². The standard InChI is InChI=1S/C20H25N3O4/c1-2-26-16-12-17(20(16)10-6-3-7-11-20)27-18(24)13-23-19(25)14-8-4-5-9-15(14)21-22-23/h4-5,8-9,16-17H,2-3,6-7,10-13H2,1H3. The number of carbonyl (C=O) groups is 1. The molecule has 2 aromatic rings. The highest BCUT2D eigenvalue weighted by molar-refractivity contribution is 5.77. The van der Waals surface area contributed by atoms with E-state index in [0.29, 0.717) is 17.5 Å². The van der Waals surface area contributed by atoms with Gasteiger partial charge >= 0.3 is 5.97 Å². The SMILES string of the molecule is CCOC1CC(OC(=O)Cn2nnc3ccccc3c2=O)C12CCCCC2. The number of fused-ring (bicyclic) bond motifs is 1. The van der Waals surface area contributed by atoms with E-state index in [1.165, 1.54) is 6.42 Å². The fourth-order valence-corrected chi connectivity index (χ4v) is 4.61. The molecular weight excluding hydrogens is 346 g/mol. The molecule has 0 N–H and O–H groups in total. The number of aromatic nitrogens is 3. The zero-order valence-electron chi connectivity index (χ0n) is 15.6. The van der Waals surface area contributed by atoms with E-state index in [1.54, 1.807) is 24.3 Å². The van der Waals surface area contributed by atoms with Crippen LogP contribution in [0.3, 0.4) is 0 Å². The second-order valence-corrected chi connectivity index (χ2v) is 7.52. The molecule has 0 aliphatic heterocycles. The first-order valence-electron chi connectivity index (χ1n) is 9.77. The predicted octanol–water partition coefficient (Wildman–Crippen LogP) is 2.46. The molecule has 2 atom stereocenters. The van der Waals surface area contributed by atoms with Gasteiger partial charge in [-0.2, -0.15) is 4.68 Å². The number of carbonyl (C=O) groups excluding carboxylic acids is 1. The van der Waals surface area contributed by atoms with Crippen molar-refractivity contribution >= 4 is 16.9 Å². The van der Waals surface area contributed by atoms with Gasteiger partial charge in [-0.3, -0.25) is 9.59 Å². The first kappa shape index (κ1) is 18.1. The van der Waals surface area contributed by atoms with Crippen LogP contribution in [0.1, 0.15) is 45.4 Å². The molecule has 1 spiro atoms. The lowest BCUT2D eigenvalue weighted by Gasteiger charge is -2.56. The van der Waals surface area contributed by atoms with Crippen LogP contribution < -0.4 is 5.56 Å². The quantitative estimate of drug-likeness (QED) is 0.751. The van der Waals surface area contributed by atoms with Crippen molar-refractivity contribution in [1.29, 1.82) is 0 Å². The monoisotopic (exact) mass is 371 g/mol. The van der Waals surface area contributed by atoms with Crippen molar-refractivity contribution < 1.29 is 14.3 Å². The highest BCUT2D eigenvalue weighted by Crippen LogP contribution is 2.54. The van der Waals surface area contributed by atoms with E-state index in [9.17, 15) is 9.59 Å². The molecule has 0 radical (unpaired) electrons. The summed E-state index contributed by atoms with van der Waals surface area (Å²) in [4.78, 5) is 25.0. The minimum atomic E-state index is -0.438. The van der Waals surface area contributed by atoms with Crippen molar-refractivity contribution in [3.8, 4) is 0 Å². The number of nitrogens with zero attached hydrogens (tertiary/aromatic N) is 3. The molecular formula is C20H25N3O4. The van der Waals surface area contributed by atoms with E-state index in [4.69, 9.17) is 9.47 Å². The summed E-state index contributed by atoms with van der Waals surface area (Å²) in [5.74, 6) is -0.438. The average molecular weight is 371 g/mol. The van der Waals surface area contributed by atoms with Gasteiger partial charge in [-0.05, 0) is 31.9 Å². The van der Waals surface area contributed by atoms with Gasteiger partial charge in [-0.25, -0.2) is 0 Å². The summed E-state index contributed by atoms with van der Waals surface area (Å²) in [6.45, 7) is 2.46. The van der Waals surface area contributed by atoms with E-state index in [1.807, 2.05) is 6.92 Å². The number of rotatable bonds is 5. The Morgan fingerprint density at radius 3 is 2.78 bits per heavy atom. The van der Waals surface area contributed by atoms with Gasteiger partial charge in [-0.15, -0.1) is 5.10 Å². The smallest absolute Gasteiger partial charge is 0.328 e. The van der Waals surface area contributed by atoms with Gasteiger partial charge in [0.15, 0.2) is 0 Å². The van der Waals surface area contributed by atoms with E-state index in [2.05, 4.69) is 10.3 Å². The molecule has 1 heterocycles. The van der Waals surface area contributed by atoms with Crippen molar-refractivity contribution in [2.24, 2.45) is 5.41 Å². The normalized spacial score (nSPS) is 23.9. The van der Waals surface area contributed by atoms with Crippen molar-refractivity contribution in [2.75, 3.05) is 6.61 Å². The van der Waals surface area contributed by atoms with Gasteiger partial charge in [0.25, 0.3) is 5.56 Å². The van der Waals surface area contributed by atoms with Crippen LogP contribution in [0.5, 0.6) is 0 Å². The molecule has 1 aromatic carbocycles. The van der Waals surface area contributed by atoms with E-state index in [-0.39, 0.29) is 29.7 Å². The number of esters is 1. The minimum Gasteiger partial charge on any atom is -0.460 e. The Balaban J connectivity index is 1.47. The maximum atomic E-state index is 12.5. The maximum Gasteiger partial charge on any atom is 0.328 e. The number of hydrogen-bond acceptors (Lipinski definition) is 6. The van der Waals surface area contributed by atoms with E-state index in [0.717, 1.165) is 36.8 Å². The summed E-state index contributed by atoms with van der Waals surface area (Å²) >= 11 is 0. The molecule has 144 valence electrons. The second kappa shape index (κ2) is 7.38. The first-order valence-corrected chi connectivity index (χ1v) is 9.77. The molecule has 7 heteroatoms. The Morgan fingerprint density at radius 2 is 2.00 bits per heavy atom. The van der Waals surface area contributed by atoms with Crippen molar-refractivity contribution in [3.63, 3.8) is 0 Å². The fraction of sp³-hybridized carbons (Fsp3) is 0.600. The largest absolute Gasteiger partial charge is 0.460 e. The average Bonchev–Trinajstić information content (AvgIpc) is 2.70. The van der Waals surface area contributed by atoms with Gasteiger partial charge in [0.1, 0.15) is 18.2 Å². The number of hydrogen-bond donors (Lipinski definition) is 0. The van der Waals surface area contributed by atoms with Gasteiger partial charge < -0.3 is 9.47 Å². The molecule has 2 aliphatic carbocycles. The molecule has 27 heavy (non-hydrogen) atoms. The molecule has 2 unspecified atom stereocenters. The molecule has 0 amide bonds. The lowest BCUT2D eigenvalue weighted by Crippen LogP contribution is -2.60. The van der Waals surface area contributed by atoms with Crippen LogP contribution in [0.2, 0.25) is 0 Å². The molecule has 7 nitrogen and oxygen atoms in total. The third-order valence-electron chi connectivity index (χ3n) is 6.04. The van der Waals surface area contributed by atoms with Crippen LogP contribution in [0.4, 0.5) is 0 Å². The molecule has 4 rings (SSSR count).